The van der Waals surface area contributed by atoms with Crippen LogP contribution in [0.3, 0.4) is 0 Å². The summed E-state index contributed by atoms with van der Waals surface area (Å²) in [4.78, 5) is 17.1. The number of nitrogens with zero attached hydrogens (tertiary/aromatic N) is 2. The van der Waals surface area contributed by atoms with Crippen molar-refractivity contribution in [2.24, 2.45) is 4.99 Å². The van der Waals surface area contributed by atoms with E-state index in [4.69, 9.17) is 4.74 Å². The maximum Gasteiger partial charge on any atom is 0.263 e. The smallest absolute Gasteiger partial charge is 0.263 e. The minimum absolute atomic E-state index is 0.176. The van der Waals surface area contributed by atoms with Crippen molar-refractivity contribution in [2.75, 3.05) is 19.0 Å². The molecule has 8 heteroatoms. The van der Waals surface area contributed by atoms with Gasteiger partial charge in [-0.25, -0.2) is 8.42 Å². The van der Waals surface area contributed by atoms with Crippen LogP contribution in [0.25, 0.3) is 10.2 Å². The van der Waals surface area contributed by atoms with E-state index in [2.05, 4.69) is 4.99 Å². The molecule has 2 aromatic carbocycles. The first-order chi connectivity index (χ1) is 13.9. The summed E-state index contributed by atoms with van der Waals surface area (Å²) in [6.07, 6.45) is 0. The number of hydrogen-bond acceptors (Lipinski definition) is 5. The summed E-state index contributed by atoms with van der Waals surface area (Å²) >= 11 is 1.38. The zero-order valence-corrected chi connectivity index (χ0v) is 18.1. The van der Waals surface area contributed by atoms with Gasteiger partial charge in [-0.3, -0.25) is 4.79 Å². The molecule has 29 heavy (non-hydrogen) atoms. The highest BCUT2D eigenvalue weighted by molar-refractivity contribution is 7.91. The third-order valence-corrected chi connectivity index (χ3v) is 6.80. The van der Waals surface area contributed by atoms with Gasteiger partial charge in [-0.2, -0.15) is 4.99 Å². The standard InChI is InChI=1S/C21H24N2O4S2/c1-3-27-12-11-23-18-10-9-16(2)13-19(18)28-21(23)22-20(24)15-29(25,26)14-17-7-5-4-6-8-17/h4-10,13H,3,11-12,14-15H2,1-2H3. The number of carbonyl (C=O) groups excluding carboxylic acids is 1. The SMILES string of the molecule is CCOCCn1c(=NC(=O)CS(=O)(=O)Cc2ccccc2)sc2cc(C)ccc21. The molecule has 1 heterocycles. The maximum absolute atomic E-state index is 12.5. The Hall–Kier alpha value is -2.29. The normalized spacial score (nSPS) is 12.6. The minimum Gasteiger partial charge on any atom is -0.380 e. The second-order valence-electron chi connectivity index (χ2n) is 6.73. The molecular weight excluding hydrogens is 408 g/mol. The number of aromatic nitrogens is 1. The quantitative estimate of drug-likeness (QED) is 0.513. The highest BCUT2D eigenvalue weighted by atomic mass is 32.2. The van der Waals surface area contributed by atoms with Crippen molar-refractivity contribution >= 4 is 37.3 Å². The van der Waals surface area contributed by atoms with E-state index < -0.39 is 21.5 Å². The lowest BCUT2D eigenvalue weighted by atomic mass is 10.2. The van der Waals surface area contributed by atoms with Crippen LogP contribution in [0.2, 0.25) is 0 Å². The van der Waals surface area contributed by atoms with Gasteiger partial charge < -0.3 is 9.30 Å². The molecule has 0 saturated heterocycles. The van der Waals surface area contributed by atoms with E-state index in [1.807, 2.05) is 42.7 Å². The molecule has 3 rings (SSSR count). The lowest BCUT2D eigenvalue weighted by Crippen LogP contribution is -2.23. The Kier molecular flexibility index (Phi) is 7.00. The molecule has 6 nitrogen and oxygen atoms in total. The van der Waals surface area contributed by atoms with Crippen LogP contribution in [0.5, 0.6) is 0 Å². The van der Waals surface area contributed by atoms with Gasteiger partial charge in [0, 0.05) is 13.2 Å². The molecule has 0 aliphatic rings. The van der Waals surface area contributed by atoms with E-state index in [1.54, 1.807) is 24.3 Å². The summed E-state index contributed by atoms with van der Waals surface area (Å²) < 4.78 is 33.2. The largest absolute Gasteiger partial charge is 0.380 e. The monoisotopic (exact) mass is 432 g/mol. The molecule has 0 bridgehead atoms. The molecule has 0 fully saturated rings. The van der Waals surface area contributed by atoms with Gasteiger partial charge >= 0.3 is 0 Å². The fraction of sp³-hybridized carbons (Fsp3) is 0.333. The first-order valence-electron chi connectivity index (χ1n) is 9.37. The summed E-state index contributed by atoms with van der Waals surface area (Å²) in [6.45, 7) is 5.56. The maximum atomic E-state index is 12.5. The lowest BCUT2D eigenvalue weighted by Gasteiger charge is -2.06. The molecule has 1 amide bonds. The van der Waals surface area contributed by atoms with Gasteiger partial charge in [0.1, 0.15) is 5.75 Å². The summed E-state index contributed by atoms with van der Waals surface area (Å²) in [5.41, 5.74) is 2.72. The summed E-state index contributed by atoms with van der Waals surface area (Å²) in [5, 5.41) is 0. The van der Waals surface area contributed by atoms with Gasteiger partial charge in [0.15, 0.2) is 14.6 Å². The van der Waals surface area contributed by atoms with Crippen LogP contribution < -0.4 is 4.80 Å². The summed E-state index contributed by atoms with van der Waals surface area (Å²) in [7, 11) is -3.60. The lowest BCUT2D eigenvalue weighted by molar-refractivity contribution is -0.115. The number of carbonyl (C=O) groups is 1. The van der Waals surface area contributed by atoms with Crippen LogP contribution in [0.1, 0.15) is 18.1 Å². The number of ether oxygens (including phenoxy) is 1. The molecule has 0 N–H and O–H groups in total. The molecule has 0 unspecified atom stereocenters. The van der Waals surface area contributed by atoms with Gasteiger partial charge in [0.05, 0.1) is 22.6 Å². The van der Waals surface area contributed by atoms with Gasteiger partial charge in [-0.1, -0.05) is 47.7 Å². The first-order valence-corrected chi connectivity index (χ1v) is 12.0. The fourth-order valence-electron chi connectivity index (χ4n) is 2.99. The van der Waals surface area contributed by atoms with Crippen molar-refractivity contribution in [3.63, 3.8) is 0 Å². The van der Waals surface area contributed by atoms with Crippen molar-refractivity contribution in [2.45, 2.75) is 26.1 Å². The van der Waals surface area contributed by atoms with Gasteiger partial charge in [0.25, 0.3) is 5.91 Å². The van der Waals surface area contributed by atoms with E-state index in [1.165, 1.54) is 11.3 Å². The Labute approximate surface area is 174 Å². The van der Waals surface area contributed by atoms with E-state index in [-0.39, 0.29) is 5.75 Å². The Morgan fingerprint density at radius 3 is 2.66 bits per heavy atom. The minimum atomic E-state index is -3.60. The van der Waals surface area contributed by atoms with Crippen LogP contribution in [0.4, 0.5) is 0 Å². The first kappa shape index (κ1) is 21.4. The second kappa shape index (κ2) is 9.47. The number of aryl methyl sites for hydroxylation is 1. The topological polar surface area (TPSA) is 77.7 Å². The summed E-state index contributed by atoms with van der Waals surface area (Å²) in [6, 6.07) is 14.9. The fourth-order valence-corrected chi connectivity index (χ4v) is 5.40. The van der Waals surface area contributed by atoms with E-state index in [9.17, 15) is 13.2 Å². The summed E-state index contributed by atoms with van der Waals surface area (Å²) in [5.74, 6) is -1.44. The number of fused-ring (bicyclic) bond motifs is 1. The van der Waals surface area contributed by atoms with Crippen molar-refractivity contribution in [3.8, 4) is 0 Å². The third-order valence-electron chi connectivity index (χ3n) is 4.29. The molecule has 0 atom stereocenters. The number of amides is 1. The Morgan fingerprint density at radius 2 is 1.93 bits per heavy atom. The van der Waals surface area contributed by atoms with Crippen LogP contribution in [-0.4, -0.2) is 37.9 Å². The number of benzene rings is 2. The van der Waals surface area contributed by atoms with Crippen LogP contribution in [0.15, 0.2) is 53.5 Å². The number of rotatable bonds is 8. The predicted octanol–water partition coefficient (Wildman–Crippen LogP) is 3.09. The van der Waals surface area contributed by atoms with E-state index in [0.717, 1.165) is 15.8 Å². The van der Waals surface area contributed by atoms with Crippen molar-refractivity contribution in [3.05, 3.63) is 64.5 Å². The molecule has 0 radical (unpaired) electrons. The Morgan fingerprint density at radius 1 is 1.17 bits per heavy atom. The Bertz CT molecular complexity index is 1160. The van der Waals surface area contributed by atoms with E-state index in [0.29, 0.717) is 30.1 Å². The van der Waals surface area contributed by atoms with Crippen molar-refractivity contribution < 1.29 is 17.9 Å². The predicted molar refractivity (Wildman–Crippen MR) is 116 cm³/mol. The number of thiazole rings is 1. The molecular formula is C21H24N2O4S2. The van der Waals surface area contributed by atoms with E-state index >= 15 is 0 Å². The van der Waals surface area contributed by atoms with Crippen molar-refractivity contribution in [1.29, 1.82) is 0 Å². The average Bonchev–Trinajstić information content (AvgIpc) is 2.97. The Balaban J connectivity index is 1.87. The zero-order valence-electron chi connectivity index (χ0n) is 16.5. The van der Waals surface area contributed by atoms with Gasteiger partial charge in [0.2, 0.25) is 0 Å². The van der Waals surface area contributed by atoms with Gasteiger partial charge in [-0.05, 0) is 37.1 Å². The highest BCUT2D eigenvalue weighted by Crippen LogP contribution is 2.19. The molecule has 154 valence electrons. The molecule has 1 aromatic heterocycles. The molecule has 0 aliphatic carbocycles. The highest BCUT2D eigenvalue weighted by Gasteiger charge is 2.18. The molecule has 3 aromatic rings. The second-order valence-corrected chi connectivity index (χ2v) is 9.80. The van der Waals surface area contributed by atoms with Crippen LogP contribution in [0, 0.1) is 6.92 Å². The van der Waals surface area contributed by atoms with Crippen LogP contribution in [-0.2, 0) is 31.7 Å². The number of hydrogen-bond donors (Lipinski definition) is 0. The van der Waals surface area contributed by atoms with Gasteiger partial charge in [-0.15, -0.1) is 0 Å². The number of sulfone groups is 1. The zero-order chi connectivity index (χ0) is 20.9. The molecule has 0 saturated carbocycles. The average molecular weight is 433 g/mol. The van der Waals surface area contributed by atoms with Crippen LogP contribution >= 0.6 is 11.3 Å². The van der Waals surface area contributed by atoms with Crippen molar-refractivity contribution in [1.82, 2.24) is 4.57 Å². The molecule has 0 spiro atoms. The molecule has 0 aliphatic heterocycles. The third kappa shape index (κ3) is 5.85.